The summed E-state index contributed by atoms with van der Waals surface area (Å²) in [6.45, 7) is 11.1. The standard InChI is InChI=1S/C10H15NS.C3H8.C2H6/c1-9-3-5-10(6-4-9)12-8-2-7-11;1-3-2;1-2/h3-6H,2,7-8,11H2,1H3;3H2,1-2H3;1-2H3. The van der Waals surface area contributed by atoms with Crippen LogP contribution < -0.4 is 5.73 Å². The average molecular weight is 255 g/mol. The third kappa shape index (κ3) is 13.5. The van der Waals surface area contributed by atoms with Crippen molar-refractivity contribution in [3.8, 4) is 0 Å². The first-order valence-electron chi connectivity index (χ1n) is 6.64. The van der Waals surface area contributed by atoms with Crippen LogP contribution in [-0.4, -0.2) is 12.3 Å². The quantitative estimate of drug-likeness (QED) is 0.613. The minimum Gasteiger partial charge on any atom is -0.330 e. The summed E-state index contributed by atoms with van der Waals surface area (Å²) in [7, 11) is 0. The Morgan fingerprint density at radius 2 is 1.53 bits per heavy atom. The van der Waals surface area contributed by atoms with Gasteiger partial charge in [-0.1, -0.05) is 51.8 Å². The molecule has 0 spiro atoms. The van der Waals surface area contributed by atoms with E-state index >= 15 is 0 Å². The predicted octanol–water partition coefficient (Wildman–Crippen LogP) is 4.88. The summed E-state index contributed by atoms with van der Waals surface area (Å²) in [5, 5.41) is 0. The number of hydrogen-bond donors (Lipinski definition) is 1. The zero-order valence-electron chi connectivity index (χ0n) is 12.1. The van der Waals surface area contributed by atoms with Crippen molar-refractivity contribution in [3.05, 3.63) is 29.8 Å². The van der Waals surface area contributed by atoms with Gasteiger partial charge >= 0.3 is 0 Å². The fourth-order valence-electron chi connectivity index (χ4n) is 0.908. The Hall–Kier alpha value is -0.470. The Morgan fingerprint density at radius 3 is 1.94 bits per heavy atom. The molecule has 0 aliphatic rings. The van der Waals surface area contributed by atoms with E-state index in [1.165, 1.54) is 16.9 Å². The van der Waals surface area contributed by atoms with E-state index < -0.39 is 0 Å². The van der Waals surface area contributed by atoms with Crippen molar-refractivity contribution < 1.29 is 0 Å². The normalized spacial score (nSPS) is 8.59. The lowest BCUT2D eigenvalue weighted by atomic mass is 10.2. The summed E-state index contributed by atoms with van der Waals surface area (Å²) in [5.41, 5.74) is 6.72. The van der Waals surface area contributed by atoms with E-state index in [-0.39, 0.29) is 0 Å². The highest BCUT2D eigenvalue weighted by Crippen LogP contribution is 2.18. The molecule has 0 aliphatic heterocycles. The minimum atomic E-state index is 0.791. The van der Waals surface area contributed by atoms with E-state index in [9.17, 15) is 0 Å². The number of rotatable bonds is 4. The molecule has 1 nitrogen and oxygen atoms in total. The third-order valence-electron chi connectivity index (χ3n) is 1.64. The van der Waals surface area contributed by atoms with Gasteiger partial charge in [-0.15, -0.1) is 11.8 Å². The molecule has 0 unspecified atom stereocenters. The Labute approximate surface area is 112 Å². The molecule has 0 aromatic heterocycles. The van der Waals surface area contributed by atoms with Gasteiger partial charge < -0.3 is 5.73 Å². The monoisotopic (exact) mass is 255 g/mol. The van der Waals surface area contributed by atoms with Gasteiger partial charge in [-0.05, 0) is 37.8 Å². The van der Waals surface area contributed by atoms with Crippen LogP contribution in [0.5, 0.6) is 0 Å². The first-order valence-corrected chi connectivity index (χ1v) is 7.62. The van der Waals surface area contributed by atoms with Crippen LogP contribution in [0.2, 0.25) is 0 Å². The Bertz CT molecular complexity index is 231. The van der Waals surface area contributed by atoms with Crippen LogP contribution in [-0.2, 0) is 0 Å². The van der Waals surface area contributed by atoms with Gasteiger partial charge in [0.05, 0.1) is 0 Å². The summed E-state index contributed by atoms with van der Waals surface area (Å²) in [6.07, 6.45) is 2.35. The molecule has 1 aromatic rings. The number of aryl methyl sites for hydroxylation is 1. The highest BCUT2D eigenvalue weighted by atomic mass is 32.2. The molecule has 0 bridgehead atoms. The molecule has 0 amide bonds. The van der Waals surface area contributed by atoms with Crippen LogP contribution in [0.3, 0.4) is 0 Å². The van der Waals surface area contributed by atoms with Crippen molar-refractivity contribution >= 4 is 11.8 Å². The molecule has 0 fully saturated rings. The van der Waals surface area contributed by atoms with E-state index in [2.05, 4.69) is 45.0 Å². The highest BCUT2D eigenvalue weighted by Gasteiger charge is 1.91. The number of nitrogens with two attached hydrogens (primary N) is 1. The van der Waals surface area contributed by atoms with Crippen molar-refractivity contribution in [2.24, 2.45) is 5.73 Å². The molecule has 17 heavy (non-hydrogen) atoms. The summed E-state index contributed by atoms with van der Waals surface area (Å²) in [4.78, 5) is 1.34. The van der Waals surface area contributed by atoms with E-state index in [0.717, 1.165) is 18.7 Å². The molecule has 0 aliphatic carbocycles. The summed E-state index contributed by atoms with van der Waals surface area (Å²) >= 11 is 1.87. The van der Waals surface area contributed by atoms with Gasteiger partial charge in [0.2, 0.25) is 0 Å². The lowest BCUT2D eigenvalue weighted by Crippen LogP contribution is -1.99. The Morgan fingerprint density at radius 1 is 1.06 bits per heavy atom. The van der Waals surface area contributed by atoms with Crippen LogP contribution in [0.15, 0.2) is 29.2 Å². The average Bonchev–Trinajstić information content (AvgIpc) is 2.36. The van der Waals surface area contributed by atoms with Crippen molar-refractivity contribution in [2.75, 3.05) is 12.3 Å². The fraction of sp³-hybridized carbons (Fsp3) is 0.600. The van der Waals surface area contributed by atoms with Gasteiger partial charge in [-0.25, -0.2) is 0 Å². The van der Waals surface area contributed by atoms with Crippen LogP contribution in [0.4, 0.5) is 0 Å². The van der Waals surface area contributed by atoms with Crippen LogP contribution >= 0.6 is 11.8 Å². The Kier molecular flexibility index (Phi) is 17.3. The van der Waals surface area contributed by atoms with Gasteiger partial charge in [0.1, 0.15) is 0 Å². The van der Waals surface area contributed by atoms with Gasteiger partial charge in [-0.2, -0.15) is 0 Å². The molecule has 0 saturated carbocycles. The van der Waals surface area contributed by atoms with Crippen molar-refractivity contribution in [3.63, 3.8) is 0 Å². The SMILES string of the molecule is CC.CCC.Cc1ccc(SCCCN)cc1. The molecule has 0 saturated heterocycles. The molecule has 0 atom stereocenters. The lowest BCUT2D eigenvalue weighted by Gasteiger charge is -2.00. The molecule has 1 rings (SSSR count). The van der Waals surface area contributed by atoms with E-state index in [4.69, 9.17) is 5.73 Å². The second kappa shape index (κ2) is 15.5. The third-order valence-corrected chi connectivity index (χ3v) is 2.74. The summed E-state index contributed by atoms with van der Waals surface area (Å²) < 4.78 is 0. The zero-order chi connectivity index (χ0) is 13.5. The second-order valence-electron chi connectivity index (χ2n) is 3.51. The molecule has 2 heteroatoms. The van der Waals surface area contributed by atoms with Crippen molar-refractivity contribution in [2.45, 2.75) is 52.4 Å². The molecule has 100 valence electrons. The van der Waals surface area contributed by atoms with Crippen molar-refractivity contribution in [1.29, 1.82) is 0 Å². The highest BCUT2D eigenvalue weighted by molar-refractivity contribution is 7.99. The number of hydrogen-bond acceptors (Lipinski definition) is 2. The van der Waals surface area contributed by atoms with Crippen molar-refractivity contribution in [1.82, 2.24) is 0 Å². The maximum atomic E-state index is 5.40. The summed E-state index contributed by atoms with van der Waals surface area (Å²) in [5.74, 6) is 1.12. The number of benzene rings is 1. The van der Waals surface area contributed by atoms with E-state index in [1.54, 1.807) is 0 Å². The van der Waals surface area contributed by atoms with E-state index in [0.29, 0.717) is 0 Å². The minimum absolute atomic E-state index is 0.791. The molecule has 1 aromatic carbocycles. The maximum Gasteiger partial charge on any atom is 0.00721 e. The Balaban J connectivity index is 0. The van der Waals surface area contributed by atoms with Gasteiger partial charge in [-0.3, -0.25) is 0 Å². The van der Waals surface area contributed by atoms with E-state index in [1.807, 2.05) is 25.6 Å². The largest absolute Gasteiger partial charge is 0.330 e. The summed E-state index contributed by atoms with van der Waals surface area (Å²) in [6, 6.07) is 8.61. The van der Waals surface area contributed by atoms with Gasteiger partial charge in [0.25, 0.3) is 0 Å². The first-order chi connectivity index (χ1) is 8.24. The fourth-order valence-corrected chi connectivity index (χ4v) is 1.78. The van der Waals surface area contributed by atoms with Gasteiger partial charge in [0, 0.05) is 4.90 Å². The second-order valence-corrected chi connectivity index (χ2v) is 4.68. The van der Waals surface area contributed by atoms with Crippen LogP contribution in [0.25, 0.3) is 0 Å². The molecule has 0 radical (unpaired) electrons. The molecule has 0 heterocycles. The van der Waals surface area contributed by atoms with Crippen LogP contribution in [0.1, 0.15) is 46.1 Å². The maximum absolute atomic E-state index is 5.40. The molecular formula is C15H29NS. The molecule has 2 N–H and O–H groups in total. The zero-order valence-corrected chi connectivity index (χ0v) is 12.9. The topological polar surface area (TPSA) is 26.0 Å². The predicted molar refractivity (Wildman–Crippen MR) is 82.9 cm³/mol. The lowest BCUT2D eigenvalue weighted by molar-refractivity contribution is 0.943. The first kappa shape index (κ1) is 18.9. The van der Waals surface area contributed by atoms with Crippen LogP contribution in [0, 0.1) is 6.92 Å². The number of thioether (sulfide) groups is 1. The smallest absolute Gasteiger partial charge is 0.00721 e. The van der Waals surface area contributed by atoms with Gasteiger partial charge in [0.15, 0.2) is 0 Å². The molecular weight excluding hydrogens is 226 g/mol.